The number of amides is 1. The largest absolute Gasteiger partial charge is 0.456 e. The van der Waals surface area contributed by atoms with Gasteiger partial charge >= 0.3 is 5.97 Å². The normalized spacial score (nSPS) is 19.9. The van der Waals surface area contributed by atoms with Gasteiger partial charge in [0.05, 0.1) is 0 Å². The van der Waals surface area contributed by atoms with E-state index in [4.69, 9.17) is 0 Å². The molecule has 84 valence electrons. The molecule has 0 heterocycles. The minimum Gasteiger partial charge on any atom is -0.456 e. The number of nitrogens with one attached hydrogen (secondary N) is 1. The fourth-order valence-electron chi connectivity index (χ4n) is 1.34. The quantitative estimate of drug-likeness (QED) is 0.545. The molecular formula is C9H11F2NO3. The van der Waals surface area contributed by atoms with Gasteiger partial charge in [-0.05, 0) is 12.8 Å². The molecule has 0 spiro atoms. The third kappa shape index (κ3) is 3.65. The summed E-state index contributed by atoms with van der Waals surface area (Å²) in [5.41, 5.74) is 0.343. The van der Waals surface area contributed by atoms with Crippen LogP contribution in [0.4, 0.5) is 8.78 Å². The second-order valence-electron chi connectivity index (χ2n) is 3.14. The molecule has 0 aliphatic heterocycles. The van der Waals surface area contributed by atoms with Crippen molar-refractivity contribution in [3.8, 4) is 0 Å². The van der Waals surface area contributed by atoms with Crippen molar-refractivity contribution in [1.82, 2.24) is 5.32 Å². The molecule has 1 N–H and O–H groups in total. The average Bonchev–Trinajstić information content (AvgIpc) is 2.63. The summed E-state index contributed by atoms with van der Waals surface area (Å²) in [6.45, 7) is -0.887. The van der Waals surface area contributed by atoms with E-state index in [-0.39, 0.29) is 6.04 Å². The van der Waals surface area contributed by atoms with Crippen LogP contribution in [0.3, 0.4) is 0 Å². The van der Waals surface area contributed by atoms with Crippen molar-refractivity contribution in [3.05, 3.63) is 11.6 Å². The summed E-state index contributed by atoms with van der Waals surface area (Å²) < 4.78 is 27.8. The highest BCUT2D eigenvalue weighted by molar-refractivity contribution is 5.89. The Balaban J connectivity index is 2.33. The molecule has 1 aliphatic rings. The minimum atomic E-state index is -2.65. The van der Waals surface area contributed by atoms with E-state index in [0.29, 0.717) is 24.8 Å². The van der Waals surface area contributed by atoms with Crippen molar-refractivity contribution in [2.75, 3.05) is 6.61 Å². The van der Waals surface area contributed by atoms with Crippen molar-refractivity contribution in [1.29, 1.82) is 0 Å². The van der Waals surface area contributed by atoms with Crippen LogP contribution in [0.15, 0.2) is 11.6 Å². The van der Waals surface area contributed by atoms with Gasteiger partial charge in [-0.15, -0.1) is 0 Å². The van der Waals surface area contributed by atoms with E-state index >= 15 is 0 Å². The predicted molar refractivity (Wildman–Crippen MR) is 47.3 cm³/mol. The van der Waals surface area contributed by atoms with Gasteiger partial charge in [0.15, 0.2) is 6.61 Å². The molecule has 1 unspecified atom stereocenters. The number of hydrogen-bond acceptors (Lipinski definition) is 3. The number of carbonyl (C=O) groups is 2. The maximum atomic E-state index is 11.7. The summed E-state index contributed by atoms with van der Waals surface area (Å²) in [6, 6.07) is -0.128. The molecule has 0 aromatic carbocycles. The predicted octanol–water partition coefficient (Wildman–Crippen LogP) is 0.629. The zero-order valence-electron chi connectivity index (χ0n) is 7.91. The molecule has 1 amide bonds. The summed E-state index contributed by atoms with van der Waals surface area (Å²) in [5.74, 6) is -0.731. The van der Waals surface area contributed by atoms with Gasteiger partial charge in [-0.25, -0.2) is 13.6 Å². The highest BCUT2D eigenvalue weighted by atomic mass is 19.3. The molecule has 1 rings (SSSR count). The summed E-state index contributed by atoms with van der Waals surface area (Å²) in [4.78, 5) is 21.3. The zero-order valence-corrected chi connectivity index (χ0v) is 7.91. The third-order valence-corrected chi connectivity index (χ3v) is 2.02. The fourth-order valence-corrected chi connectivity index (χ4v) is 1.34. The summed E-state index contributed by atoms with van der Waals surface area (Å²) in [7, 11) is 0. The van der Waals surface area contributed by atoms with Crippen molar-refractivity contribution in [2.24, 2.45) is 0 Å². The topological polar surface area (TPSA) is 55.4 Å². The smallest absolute Gasteiger partial charge is 0.333 e. The van der Waals surface area contributed by atoms with Gasteiger partial charge in [0, 0.05) is 11.6 Å². The number of ether oxygens (including phenoxy) is 1. The Labute approximate surface area is 85.3 Å². The van der Waals surface area contributed by atoms with E-state index in [9.17, 15) is 18.4 Å². The number of carbonyl (C=O) groups excluding carboxylic acids is 2. The molecule has 0 bridgehead atoms. The lowest BCUT2D eigenvalue weighted by molar-refractivity contribution is -0.143. The van der Waals surface area contributed by atoms with Crippen LogP contribution >= 0.6 is 0 Å². The first-order chi connectivity index (χ1) is 7.13. The van der Waals surface area contributed by atoms with Gasteiger partial charge in [0.25, 0.3) is 6.43 Å². The Kier molecular flexibility index (Phi) is 4.20. The van der Waals surface area contributed by atoms with Crippen LogP contribution in [0.5, 0.6) is 0 Å². The Hall–Kier alpha value is -1.46. The summed E-state index contributed by atoms with van der Waals surface area (Å²) in [6.07, 6.45) is 0.347. The summed E-state index contributed by atoms with van der Waals surface area (Å²) >= 11 is 0. The first kappa shape index (κ1) is 11.6. The Morgan fingerprint density at radius 2 is 2.47 bits per heavy atom. The third-order valence-electron chi connectivity index (χ3n) is 2.02. The van der Waals surface area contributed by atoms with E-state index in [1.165, 1.54) is 0 Å². The van der Waals surface area contributed by atoms with E-state index in [0.717, 1.165) is 0 Å². The van der Waals surface area contributed by atoms with Gasteiger partial charge in [-0.2, -0.15) is 0 Å². The first-order valence-corrected chi connectivity index (χ1v) is 4.47. The van der Waals surface area contributed by atoms with Crippen LogP contribution in [0.2, 0.25) is 0 Å². The fraction of sp³-hybridized carbons (Fsp3) is 0.556. The lowest BCUT2D eigenvalue weighted by atomic mass is 10.2. The number of alkyl halides is 2. The SMILES string of the molecule is O=CNC1CC=C(C(=O)OCC(F)F)C1. The number of hydrogen-bond donors (Lipinski definition) is 1. The van der Waals surface area contributed by atoms with E-state index in [1.54, 1.807) is 6.08 Å². The Bertz CT molecular complexity index is 279. The molecule has 6 heteroatoms. The van der Waals surface area contributed by atoms with E-state index in [2.05, 4.69) is 10.1 Å². The van der Waals surface area contributed by atoms with Crippen LogP contribution in [-0.2, 0) is 14.3 Å². The monoisotopic (exact) mass is 219 g/mol. The van der Waals surface area contributed by atoms with Gasteiger partial charge in [0.2, 0.25) is 6.41 Å². The molecule has 1 aliphatic carbocycles. The standard InChI is InChI=1S/C9H11F2NO3/c10-8(11)4-15-9(14)6-1-2-7(3-6)12-5-13/h1,5,7-8H,2-4H2,(H,12,13). The highest BCUT2D eigenvalue weighted by Crippen LogP contribution is 2.19. The molecule has 0 aromatic rings. The molecule has 0 fully saturated rings. The molecule has 0 aromatic heterocycles. The van der Waals surface area contributed by atoms with Crippen LogP contribution in [-0.4, -0.2) is 31.5 Å². The van der Waals surface area contributed by atoms with Gasteiger partial charge in [-0.3, -0.25) is 4.79 Å². The van der Waals surface area contributed by atoms with E-state index < -0.39 is 19.0 Å². The molecular weight excluding hydrogens is 208 g/mol. The highest BCUT2D eigenvalue weighted by Gasteiger charge is 2.22. The number of esters is 1. The summed E-state index contributed by atoms with van der Waals surface area (Å²) in [5, 5.41) is 2.51. The lowest BCUT2D eigenvalue weighted by Gasteiger charge is -2.08. The van der Waals surface area contributed by atoms with Gasteiger partial charge < -0.3 is 10.1 Å². The molecule has 0 saturated heterocycles. The maximum Gasteiger partial charge on any atom is 0.333 e. The van der Waals surface area contributed by atoms with Crippen molar-refractivity contribution in [2.45, 2.75) is 25.3 Å². The maximum absolute atomic E-state index is 11.7. The Morgan fingerprint density at radius 3 is 3.07 bits per heavy atom. The molecule has 1 atom stereocenters. The molecule has 15 heavy (non-hydrogen) atoms. The van der Waals surface area contributed by atoms with Crippen molar-refractivity contribution < 1.29 is 23.1 Å². The molecule has 4 nitrogen and oxygen atoms in total. The number of rotatable bonds is 5. The second kappa shape index (κ2) is 5.43. The minimum absolute atomic E-state index is 0.128. The van der Waals surface area contributed by atoms with Crippen LogP contribution < -0.4 is 5.32 Å². The van der Waals surface area contributed by atoms with Gasteiger partial charge in [-0.1, -0.05) is 6.08 Å². The Morgan fingerprint density at radius 1 is 1.73 bits per heavy atom. The average molecular weight is 219 g/mol. The van der Waals surface area contributed by atoms with E-state index in [1.807, 2.05) is 0 Å². The zero-order chi connectivity index (χ0) is 11.3. The van der Waals surface area contributed by atoms with Gasteiger partial charge in [0.1, 0.15) is 0 Å². The lowest BCUT2D eigenvalue weighted by Crippen LogP contribution is -2.25. The van der Waals surface area contributed by atoms with Crippen molar-refractivity contribution in [3.63, 3.8) is 0 Å². The first-order valence-electron chi connectivity index (χ1n) is 4.47. The molecule has 0 saturated carbocycles. The second-order valence-corrected chi connectivity index (χ2v) is 3.14. The number of halogens is 2. The van der Waals surface area contributed by atoms with Crippen LogP contribution in [0.25, 0.3) is 0 Å². The van der Waals surface area contributed by atoms with Crippen LogP contribution in [0.1, 0.15) is 12.8 Å². The van der Waals surface area contributed by atoms with Crippen LogP contribution in [0, 0.1) is 0 Å². The molecule has 0 radical (unpaired) electrons. The van der Waals surface area contributed by atoms with Crippen molar-refractivity contribution >= 4 is 12.4 Å².